The van der Waals surface area contributed by atoms with Crippen molar-refractivity contribution >= 4 is 17.0 Å². The number of anilines is 1. The third kappa shape index (κ3) is 1.75. The lowest BCUT2D eigenvalue weighted by Gasteiger charge is -2.16. The quantitative estimate of drug-likeness (QED) is 0.491. The first-order valence-corrected chi connectivity index (χ1v) is 5.69. The smallest absolute Gasteiger partial charge is 0.167 e. The highest BCUT2D eigenvalue weighted by Crippen LogP contribution is 2.31. The van der Waals surface area contributed by atoms with E-state index in [9.17, 15) is 10.2 Å². The van der Waals surface area contributed by atoms with Gasteiger partial charge in [0.25, 0.3) is 0 Å². The van der Waals surface area contributed by atoms with E-state index in [1.807, 2.05) is 0 Å². The molecule has 9 nitrogen and oxygen atoms in total. The Balaban J connectivity index is 2.04. The number of nitrogens with two attached hydrogens (primary N) is 1. The zero-order valence-corrected chi connectivity index (χ0v) is 9.79. The number of hydrogen-bond donors (Lipinski definition) is 4. The first-order valence-electron chi connectivity index (χ1n) is 5.69. The summed E-state index contributed by atoms with van der Waals surface area (Å²) in [6.45, 7) is -0.390. The van der Waals surface area contributed by atoms with E-state index < -0.39 is 31.1 Å². The largest absolute Gasteiger partial charge is 0.394 e. The van der Waals surface area contributed by atoms with Crippen molar-refractivity contribution in [2.75, 3.05) is 12.3 Å². The van der Waals surface area contributed by atoms with Crippen molar-refractivity contribution in [3.63, 3.8) is 0 Å². The molecule has 2 aromatic rings. The van der Waals surface area contributed by atoms with Crippen molar-refractivity contribution in [2.24, 2.45) is 0 Å². The average molecular weight is 267 g/mol. The van der Waals surface area contributed by atoms with E-state index in [-0.39, 0.29) is 5.82 Å². The summed E-state index contributed by atoms with van der Waals surface area (Å²) in [6.07, 6.45) is -1.42. The summed E-state index contributed by atoms with van der Waals surface area (Å²) >= 11 is 0. The molecule has 0 aromatic carbocycles. The number of nitrogen functional groups attached to an aromatic ring is 1. The number of imidazole rings is 1. The van der Waals surface area contributed by atoms with Crippen molar-refractivity contribution in [1.82, 2.24) is 19.5 Å². The maximum absolute atomic E-state index is 9.95. The van der Waals surface area contributed by atoms with E-state index in [4.69, 9.17) is 15.6 Å². The number of aromatic nitrogens is 4. The molecule has 1 unspecified atom stereocenters. The van der Waals surface area contributed by atoms with Crippen LogP contribution in [-0.2, 0) is 4.74 Å². The van der Waals surface area contributed by atoms with Gasteiger partial charge in [0, 0.05) is 0 Å². The standard InChI is InChI=1S/C10H13N5O4/c11-8-5-9(13-2-12-8)15(3-14-5)10-7(18)6(17)4(1-16)19-10/h2-4,6-7,10,16-18H,1H2,(H2,11,12,13)/t4-,6+,7-,10?/m1/s1. The molecule has 1 aliphatic rings. The molecular formula is C10H13N5O4. The Hall–Kier alpha value is -1.81. The van der Waals surface area contributed by atoms with Gasteiger partial charge < -0.3 is 25.8 Å². The van der Waals surface area contributed by atoms with Gasteiger partial charge in [0.1, 0.15) is 30.2 Å². The molecule has 102 valence electrons. The van der Waals surface area contributed by atoms with Crippen molar-refractivity contribution < 1.29 is 20.1 Å². The summed E-state index contributed by atoms with van der Waals surface area (Å²) < 4.78 is 6.85. The molecule has 0 saturated carbocycles. The van der Waals surface area contributed by atoms with Gasteiger partial charge in [0.15, 0.2) is 17.7 Å². The van der Waals surface area contributed by atoms with Crippen LogP contribution in [0.1, 0.15) is 6.23 Å². The number of rotatable bonds is 2. The molecule has 0 spiro atoms. The minimum absolute atomic E-state index is 0.218. The fourth-order valence-corrected chi connectivity index (χ4v) is 2.17. The molecule has 2 aromatic heterocycles. The molecule has 4 atom stereocenters. The van der Waals surface area contributed by atoms with Crippen LogP contribution in [0.2, 0.25) is 0 Å². The van der Waals surface area contributed by atoms with Crippen LogP contribution in [0, 0.1) is 0 Å². The maximum atomic E-state index is 9.95. The van der Waals surface area contributed by atoms with Crippen LogP contribution in [0.4, 0.5) is 5.82 Å². The normalized spacial score (nSPS) is 31.1. The molecule has 0 aliphatic carbocycles. The predicted molar refractivity (Wildman–Crippen MR) is 62.7 cm³/mol. The van der Waals surface area contributed by atoms with Crippen molar-refractivity contribution in [3.8, 4) is 0 Å². The number of nitrogens with zero attached hydrogens (tertiary/aromatic N) is 4. The van der Waals surface area contributed by atoms with E-state index in [2.05, 4.69) is 15.0 Å². The molecule has 0 amide bonds. The van der Waals surface area contributed by atoms with Crippen LogP contribution in [0.5, 0.6) is 0 Å². The van der Waals surface area contributed by atoms with E-state index >= 15 is 0 Å². The van der Waals surface area contributed by atoms with Crippen LogP contribution < -0.4 is 5.73 Å². The van der Waals surface area contributed by atoms with Gasteiger partial charge in [-0.05, 0) is 0 Å². The molecule has 5 N–H and O–H groups in total. The van der Waals surface area contributed by atoms with Gasteiger partial charge >= 0.3 is 0 Å². The van der Waals surface area contributed by atoms with E-state index in [0.717, 1.165) is 0 Å². The Kier molecular flexibility index (Phi) is 2.82. The number of hydrogen-bond acceptors (Lipinski definition) is 8. The second kappa shape index (κ2) is 4.38. The van der Waals surface area contributed by atoms with Gasteiger partial charge in [-0.25, -0.2) is 15.0 Å². The second-order valence-electron chi connectivity index (χ2n) is 4.31. The lowest BCUT2D eigenvalue weighted by molar-refractivity contribution is -0.0511. The number of fused-ring (bicyclic) bond motifs is 1. The van der Waals surface area contributed by atoms with Crippen LogP contribution in [0.15, 0.2) is 12.7 Å². The summed E-state index contributed by atoms with van der Waals surface area (Å²) in [5, 5.41) is 28.7. The Morgan fingerprint density at radius 2 is 2.05 bits per heavy atom. The van der Waals surface area contributed by atoms with Crippen LogP contribution in [-0.4, -0.2) is 59.8 Å². The fourth-order valence-electron chi connectivity index (χ4n) is 2.17. The van der Waals surface area contributed by atoms with Gasteiger partial charge in [0.05, 0.1) is 12.9 Å². The summed E-state index contributed by atoms with van der Waals surface area (Å²) in [7, 11) is 0. The van der Waals surface area contributed by atoms with E-state index in [1.165, 1.54) is 17.2 Å². The molecule has 3 heterocycles. The zero-order chi connectivity index (χ0) is 13.6. The molecule has 0 radical (unpaired) electrons. The van der Waals surface area contributed by atoms with Gasteiger partial charge in [0.2, 0.25) is 0 Å². The minimum Gasteiger partial charge on any atom is -0.394 e. The molecule has 1 aliphatic heterocycles. The maximum Gasteiger partial charge on any atom is 0.167 e. The highest BCUT2D eigenvalue weighted by atomic mass is 16.6. The van der Waals surface area contributed by atoms with Crippen molar-refractivity contribution in [2.45, 2.75) is 24.5 Å². The molecule has 0 bridgehead atoms. The number of ether oxygens (including phenoxy) is 1. The highest BCUT2D eigenvalue weighted by Gasteiger charge is 2.43. The summed E-state index contributed by atoms with van der Waals surface area (Å²) in [4.78, 5) is 11.9. The zero-order valence-electron chi connectivity index (χ0n) is 9.79. The Labute approximate surface area is 107 Å². The van der Waals surface area contributed by atoms with E-state index in [1.54, 1.807) is 0 Å². The fraction of sp³-hybridized carbons (Fsp3) is 0.500. The molecule has 3 rings (SSSR count). The SMILES string of the molecule is Nc1ncnc2c1ncn2C1O[C@H](CO)[C@H](O)[C@H]1O. The summed E-state index contributed by atoms with van der Waals surface area (Å²) in [5.41, 5.74) is 6.44. The van der Waals surface area contributed by atoms with Gasteiger partial charge in [-0.2, -0.15) is 0 Å². The third-order valence-electron chi connectivity index (χ3n) is 3.18. The Morgan fingerprint density at radius 1 is 1.26 bits per heavy atom. The van der Waals surface area contributed by atoms with Crippen LogP contribution >= 0.6 is 0 Å². The first kappa shape index (κ1) is 12.2. The van der Waals surface area contributed by atoms with Crippen LogP contribution in [0.25, 0.3) is 11.2 Å². The topological polar surface area (TPSA) is 140 Å². The molecule has 1 fully saturated rings. The summed E-state index contributed by atoms with van der Waals surface area (Å²) in [5.74, 6) is 0.218. The summed E-state index contributed by atoms with van der Waals surface area (Å²) in [6, 6.07) is 0. The molecule has 19 heavy (non-hydrogen) atoms. The predicted octanol–water partition coefficient (Wildman–Crippen LogP) is -1.98. The third-order valence-corrected chi connectivity index (χ3v) is 3.18. The molecule has 1 saturated heterocycles. The van der Waals surface area contributed by atoms with Gasteiger partial charge in [-0.3, -0.25) is 4.57 Å². The Bertz CT molecular complexity index is 603. The van der Waals surface area contributed by atoms with Crippen molar-refractivity contribution in [3.05, 3.63) is 12.7 Å². The van der Waals surface area contributed by atoms with Crippen molar-refractivity contribution in [1.29, 1.82) is 0 Å². The number of aliphatic hydroxyl groups excluding tert-OH is 3. The lowest BCUT2D eigenvalue weighted by Crippen LogP contribution is -2.33. The second-order valence-corrected chi connectivity index (χ2v) is 4.31. The number of aliphatic hydroxyl groups is 3. The van der Waals surface area contributed by atoms with Crippen LogP contribution in [0.3, 0.4) is 0 Å². The molecule has 9 heteroatoms. The highest BCUT2D eigenvalue weighted by molar-refractivity contribution is 5.81. The van der Waals surface area contributed by atoms with E-state index in [0.29, 0.717) is 11.2 Å². The van der Waals surface area contributed by atoms with Gasteiger partial charge in [-0.1, -0.05) is 0 Å². The lowest BCUT2D eigenvalue weighted by atomic mass is 10.1. The van der Waals surface area contributed by atoms with Gasteiger partial charge in [-0.15, -0.1) is 0 Å². The average Bonchev–Trinajstić information content (AvgIpc) is 2.94. The first-order chi connectivity index (χ1) is 9.13. The monoisotopic (exact) mass is 267 g/mol. The Morgan fingerprint density at radius 3 is 2.74 bits per heavy atom. The minimum atomic E-state index is -1.19. The molecular weight excluding hydrogens is 254 g/mol.